The summed E-state index contributed by atoms with van der Waals surface area (Å²) in [5.41, 5.74) is 7.43. The summed E-state index contributed by atoms with van der Waals surface area (Å²) < 4.78 is 0. The topological polar surface area (TPSA) is 29.3 Å². The predicted octanol–water partition coefficient (Wildman–Crippen LogP) is 2.84. The van der Waals surface area contributed by atoms with E-state index in [0.717, 1.165) is 12.3 Å². The van der Waals surface area contributed by atoms with Gasteiger partial charge < -0.3 is 10.6 Å². The van der Waals surface area contributed by atoms with Crippen LogP contribution in [0.1, 0.15) is 24.8 Å². The maximum atomic E-state index is 5.93. The van der Waals surface area contributed by atoms with Crippen molar-refractivity contribution in [3.63, 3.8) is 0 Å². The first-order valence-corrected chi connectivity index (χ1v) is 8.00. The highest BCUT2D eigenvalue weighted by Crippen LogP contribution is 2.24. The van der Waals surface area contributed by atoms with Crippen molar-refractivity contribution < 1.29 is 0 Å². The first-order chi connectivity index (χ1) is 9.79. The molecule has 1 saturated heterocycles. The van der Waals surface area contributed by atoms with Crippen molar-refractivity contribution in [3.8, 4) is 0 Å². The average molecular weight is 270 g/mol. The van der Waals surface area contributed by atoms with Crippen LogP contribution in [-0.4, -0.2) is 30.6 Å². The zero-order valence-corrected chi connectivity index (χ0v) is 12.2. The molecule has 2 aliphatic rings. The number of rotatable bonds is 4. The Labute approximate surface area is 122 Å². The van der Waals surface area contributed by atoms with E-state index in [2.05, 4.69) is 47.4 Å². The van der Waals surface area contributed by atoms with Crippen molar-refractivity contribution in [1.29, 1.82) is 0 Å². The second kappa shape index (κ2) is 6.55. The van der Waals surface area contributed by atoms with E-state index < -0.39 is 0 Å². The van der Waals surface area contributed by atoms with Gasteiger partial charge in [0.15, 0.2) is 0 Å². The Morgan fingerprint density at radius 3 is 2.45 bits per heavy atom. The molecule has 2 heteroatoms. The minimum Gasteiger partial charge on any atom is -0.324 e. The monoisotopic (exact) mass is 270 g/mol. The highest BCUT2D eigenvalue weighted by atomic mass is 15.1. The number of nitrogens with zero attached hydrogens (tertiary/aromatic N) is 1. The molecule has 20 heavy (non-hydrogen) atoms. The van der Waals surface area contributed by atoms with E-state index in [4.69, 9.17) is 5.73 Å². The number of benzene rings is 1. The lowest BCUT2D eigenvalue weighted by atomic mass is 9.90. The summed E-state index contributed by atoms with van der Waals surface area (Å²) in [4.78, 5) is 2.63. The van der Waals surface area contributed by atoms with E-state index in [1.165, 1.54) is 44.5 Å². The number of nitrogens with two attached hydrogens (primary N) is 1. The van der Waals surface area contributed by atoms with E-state index in [0.29, 0.717) is 12.0 Å². The fraction of sp³-hybridized carbons (Fsp3) is 0.556. The molecule has 2 atom stereocenters. The van der Waals surface area contributed by atoms with Crippen LogP contribution in [0.5, 0.6) is 0 Å². The zero-order chi connectivity index (χ0) is 13.8. The Bertz CT molecular complexity index is 432. The molecule has 2 N–H and O–H groups in total. The van der Waals surface area contributed by atoms with Gasteiger partial charge in [0, 0.05) is 12.6 Å². The Kier molecular flexibility index (Phi) is 4.54. The molecule has 0 radical (unpaired) electrons. The van der Waals surface area contributed by atoms with Crippen LogP contribution >= 0.6 is 0 Å². The summed E-state index contributed by atoms with van der Waals surface area (Å²) in [6.45, 7) is 3.73. The normalized spacial score (nSPS) is 28.1. The van der Waals surface area contributed by atoms with Crippen LogP contribution in [0.2, 0.25) is 0 Å². The van der Waals surface area contributed by atoms with E-state index in [1.807, 2.05) is 0 Å². The van der Waals surface area contributed by atoms with Gasteiger partial charge in [-0.2, -0.15) is 0 Å². The smallest absolute Gasteiger partial charge is 0.0229 e. The van der Waals surface area contributed by atoms with Gasteiger partial charge in [-0.3, -0.25) is 0 Å². The molecule has 1 heterocycles. The van der Waals surface area contributed by atoms with Crippen molar-refractivity contribution in [1.82, 2.24) is 4.90 Å². The zero-order valence-electron chi connectivity index (χ0n) is 12.2. The van der Waals surface area contributed by atoms with Gasteiger partial charge >= 0.3 is 0 Å². The predicted molar refractivity (Wildman–Crippen MR) is 84.5 cm³/mol. The van der Waals surface area contributed by atoms with E-state index in [9.17, 15) is 0 Å². The van der Waals surface area contributed by atoms with Gasteiger partial charge in [-0.15, -0.1) is 0 Å². The maximum Gasteiger partial charge on any atom is 0.0229 e. The second-order valence-corrected chi connectivity index (χ2v) is 6.48. The van der Waals surface area contributed by atoms with Crippen LogP contribution in [0, 0.1) is 11.8 Å². The van der Waals surface area contributed by atoms with Crippen LogP contribution in [0.4, 0.5) is 0 Å². The fourth-order valence-corrected chi connectivity index (χ4v) is 3.59. The van der Waals surface area contributed by atoms with Gasteiger partial charge in [0.2, 0.25) is 0 Å². The first-order valence-electron chi connectivity index (χ1n) is 8.00. The van der Waals surface area contributed by atoms with E-state index >= 15 is 0 Å². The molecule has 0 spiro atoms. The summed E-state index contributed by atoms with van der Waals surface area (Å²) in [6.07, 6.45) is 9.58. The lowest BCUT2D eigenvalue weighted by Crippen LogP contribution is -2.37. The standard InChI is InChI=1S/C18H26N2/c19-18-7-6-17(13-18)14-20-10-8-16(9-11-20)12-15-4-2-1-3-5-15/h1-7,16-18H,8-14,19H2. The molecule has 0 amide bonds. The van der Waals surface area contributed by atoms with Crippen molar-refractivity contribution in [3.05, 3.63) is 48.0 Å². The van der Waals surface area contributed by atoms with Crippen LogP contribution in [0.15, 0.2) is 42.5 Å². The number of hydrogen-bond acceptors (Lipinski definition) is 2. The molecule has 108 valence electrons. The van der Waals surface area contributed by atoms with Crippen molar-refractivity contribution in [2.24, 2.45) is 17.6 Å². The van der Waals surface area contributed by atoms with Gasteiger partial charge in [0.25, 0.3) is 0 Å². The van der Waals surface area contributed by atoms with Gasteiger partial charge in [0.05, 0.1) is 0 Å². The minimum absolute atomic E-state index is 0.301. The Morgan fingerprint density at radius 2 is 1.80 bits per heavy atom. The number of piperidine rings is 1. The molecular formula is C18H26N2. The summed E-state index contributed by atoms with van der Waals surface area (Å²) in [7, 11) is 0. The summed E-state index contributed by atoms with van der Waals surface area (Å²) in [6, 6.07) is 11.2. The molecule has 0 aromatic heterocycles. The van der Waals surface area contributed by atoms with Crippen molar-refractivity contribution >= 4 is 0 Å². The molecule has 1 fully saturated rings. The third kappa shape index (κ3) is 3.71. The quantitative estimate of drug-likeness (QED) is 0.853. The Balaban J connectivity index is 1.42. The van der Waals surface area contributed by atoms with Gasteiger partial charge in [-0.25, -0.2) is 0 Å². The van der Waals surface area contributed by atoms with Crippen molar-refractivity contribution in [2.45, 2.75) is 31.7 Å². The van der Waals surface area contributed by atoms with Crippen LogP contribution in [0.3, 0.4) is 0 Å². The molecule has 0 bridgehead atoms. The molecule has 1 aromatic carbocycles. The Morgan fingerprint density at radius 1 is 1.05 bits per heavy atom. The molecule has 2 unspecified atom stereocenters. The van der Waals surface area contributed by atoms with E-state index in [-0.39, 0.29) is 0 Å². The SMILES string of the molecule is NC1C=CC(CN2CCC(Cc3ccccc3)CC2)C1. The number of hydrogen-bond donors (Lipinski definition) is 1. The largest absolute Gasteiger partial charge is 0.324 e. The summed E-state index contributed by atoms with van der Waals surface area (Å²) in [5.74, 6) is 1.56. The second-order valence-electron chi connectivity index (χ2n) is 6.48. The molecule has 3 rings (SSSR count). The van der Waals surface area contributed by atoms with Crippen LogP contribution in [-0.2, 0) is 6.42 Å². The molecule has 1 aliphatic carbocycles. The Hall–Kier alpha value is -1.12. The highest BCUT2D eigenvalue weighted by Gasteiger charge is 2.23. The number of likely N-dealkylation sites (tertiary alicyclic amines) is 1. The lowest BCUT2D eigenvalue weighted by molar-refractivity contribution is 0.168. The van der Waals surface area contributed by atoms with Crippen LogP contribution in [0.25, 0.3) is 0 Å². The van der Waals surface area contributed by atoms with Gasteiger partial charge in [-0.05, 0) is 56.2 Å². The third-order valence-electron chi connectivity index (χ3n) is 4.77. The highest BCUT2D eigenvalue weighted by molar-refractivity contribution is 5.15. The lowest BCUT2D eigenvalue weighted by Gasteiger charge is -2.33. The third-order valence-corrected chi connectivity index (χ3v) is 4.77. The molecule has 0 saturated carbocycles. The maximum absolute atomic E-state index is 5.93. The van der Waals surface area contributed by atoms with Crippen molar-refractivity contribution in [2.75, 3.05) is 19.6 Å². The van der Waals surface area contributed by atoms with Crippen LogP contribution < -0.4 is 5.73 Å². The first kappa shape index (κ1) is 13.8. The van der Waals surface area contributed by atoms with E-state index in [1.54, 1.807) is 0 Å². The molecular weight excluding hydrogens is 244 g/mol. The summed E-state index contributed by atoms with van der Waals surface area (Å²) in [5, 5.41) is 0. The molecule has 2 nitrogen and oxygen atoms in total. The van der Waals surface area contributed by atoms with Gasteiger partial charge in [-0.1, -0.05) is 42.5 Å². The van der Waals surface area contributed by atoms with Gasteiger partial charge in [0.1, 0.15) is 0 Å². The fourth-order valence-electron chi connectivity index (χ4n) is 3.59. The average Bonchev–Trinajstić information content (AvgIpc) is 2.88. The summed E-state index contributed by atoms with van der Waals surface area (Å²) >= 11 is 0. The molecule has 1 aliphatic heterocycles. The minimum atomic E-state index is 0.301. The molecule has 1 aromatic rings.